The van der Waals surface area contributed by atoms with E-state index in [4.69, 9.17) is 4.98 Å². The van der Waals surface area contributed by atoms with Crippen molar-refractivity contribution >= 4 is 17.2 Å². The van der Waals surface area contributed by atoms with Crippen LogP contribution in [-0.4, -0.2) is 37.6 Å². The van der Waals surface area contributed by atoms with Crippen LogP contribution in [0.1, 0.15) is 40.7 Å². The number of rotatable bonds is 3. The van der Waals surface area contributed by atoms with Crippen molar-refractivity contribution in [3.8, 4) is 0 Å². The predicted molar refractivity (Wildman–Crippen MR) is 87.1 cm³/mol. The Morgan fingerprint density at radius 3 is 3.13 bits per heavy atom. The molecule has 0 aromatic carbocycles. The van der Waals surface area contributed by atoms with Crippen LogP contribution in [0, 0.1) is 5.92 Å². The zero-order valence-electron chi connectivity index (χ0n) is 13.4. The van der Waals surface area contributed by atoms with Gasteiger partial charge in [0.15, 0.2) is 0 Å². The molecule has 122 valence electrons. The SMILES string of the molecule is CN(Cc1nc2c(s1)CCCC2)C(=O)C1CCc2ncnn2C1. The molecular weight excluding hydrogens is 310 g/mol. The van der Waals surface area contributed by atoms with Crippen LogP contribution >= 0.6 is 11.3 Å². The third-order valence-corrected chi connectivity index (χ3v) is 5.94. The summed E-state index contributed by atoms with van der Waals surface area (Å²) in [4.78, 5) is 24.9. The highest BCUT2D eigenvalue weighted by Crippen LogP contribution is 2.28. The lowest BCUT2D eigenvalue weighted by Gasteiger charge is -2.26. The van der Waals surface area contributed by atoms with Crippen LogP contribution in [0.2, 0.25) is 0 Å². The topological polar surface area (TPSA) is 63.9 Å². The molecule has 1 amide bonds. The number of hydrogen-bond donors (Lipinski definition) is 0. The minimum atomic E-state index is 0.00351. The average molecular weight is 331 g/mol. The number of amides is 1. The van der Waals surface area contributed by atoms with Crippen LogP contribution in [0.15, 0.2) is 6.33 Å². The summed E-state index contributed by atoms with van der Waals surface area (Å²) < 4.78 is 1.86. The van der Waals surface area contributed by atoms with Gasteiger partial charge in [0, 0.05) is 18.3 Å². The number of nitrogens with zero attached hydrogens (tertiary/aromatic N) is 5. The zero-order valence-corrected chi connectivity index (χ0v) is 14.2. The summed E-state index contributed by atoms with van der Waals surface area (Å²) in [6.45, 7) is 1.27. The minimum absolute atomic E-state index is 0.00351. The number of aryl methyl sites for hydroxylation is 3. The van der Waals surface area contributed by atoms with E-state index in [1.54, 1.807) is 17.7 Å². The second-order valence-electron chi connectivity index (χ2n) is 6.47. The molecule has 0 bridgehead atoms. The Bertz CT molecular complexity index is 698. The van der Waals surface area contributed by atoms with Gasteiger partial charge < -0.3 is 4.90 Å². The molecule has 0 spiro atoms. The Labute approximate surface area is 139 Å². The molecule has 1 unspecified atom stereocenters. The first-order valence-corrected chi connectivity index (χ1v) is 9.11. The maximum atomic E-state index is 12.7. The molecule has 4 rings (SSSR count). The van der Waals surface area contributed by atoms with Crippen molar-refractivity contribution in [1.82, 2.24) is 24.6 Å². The van der Waals surface area contributed by atoms with Crippen molar-refractivity contribution in [2.45, 2.75) is 51.6 Å². The van der Waals surface area contributed by atoms with Gasteiger partial charge in [0.1, 0.15) is 17.2 Å². The summed E-state index contributed by atoms with van der Waals surface area (Å²) in [5, 5.41) is 5.28. The zero-order chi connectivity index (χ0) is 15.8. The van der Waals surface area contributed by atoms with Crippen LogP contribution in [0.5, 0.6) is 0 Å². The highest BCUT2D eigenvalue weighted by molar-refractivity contribution is 7.11. The van der Waals surface area contributed by atoms with Crippen molar-refractivity contribution in [3.63, 3.8) is 0 Å². The van der Waals surface area contributed by atoms with Gasteiger partial charge in [0.05, 0.1) is 24.7 Å². The van der Waals surface area contributed by atoms with Crippen LogP contribution in [0.3, 0.4) is 0 Å². The molecule has 7 heteroatoms. The molecule has 2 aliphatic rings. The number of hydrogen-bond acceptors (Lipinski definition) is 5. The minimum Gasteiger partial charge on any atom is -0.339 e. The molecule has 2 aromatic rings. The molecule has 1 aliphatic carbocycles. The van der Waals surface area contributed by atoms with E-state index in [1.165, 1.54) is 23.4 Å². The summed E-state index contributed by atoms with van der Waals surface area (Å²) in [7, 11) is 1.89. The lowest BCUT2D eigenvalue weighted by Crippen LogP contribution is -2.37. The largest absolute Gasteiger partial charge is 0.339 e. The van der Waals surface area contributed by atoms with Gasteiger partial charge in [0.25, 0.3) is 0 Å². The summed E-state index contributed by atoms with van der Waals surface area (Å²) in [5.41, 5.74) is 1.27. The standard InChI is InChI=1S/C16H21N5OS/c1-20(9-15-19-12-4-2-3-5-13(12)23-15)16(22)11-6-7-14-17-10-18-21(14)8-11/h10-11H,2-9H2,1H3. The van der Waals surface area contributed by atoms with Gasteiger partial charge in [-0.15, -0.1) is 11.3 Å². The average Bonchev–Trinajstić information content (AvgIpc) is 3.18. The molecule has 1 aliphatic heterocycles. The maximum absolute atomic E-state index is 12.7. The van der Waals surface area contributed by atoms with Crippen LogP contribution in [-0.2, 0) is 37.1 Å². The summed E-state index contributed by atoms with van der Waals surface area (Å²) >= 11 is 1.79. The van der Waals surface area contributed by atoms with Crippen LogP contribution < -0.4 is 0 Å². The van der Waals surface area contributed by atoms with Gasteiger partial charge in [-0.2, -0.15) is 5.10 Å². The number of fused-ring (bicyclic) bond motifs is 2. The molecule has 23 heavy (non-hydrogen) atoms. The van der Waals surface area contributed by atoms with E-state index >= 15 is 0 Å². The van der Waals surface area contributed by atoms with E-state index < -0.39 is 0 Å². The predicted octanol–water partition coefficient (Wildman–Crippen LogP) is 1.83. The van der Waals surface area contributed by atoms with Gasteiger partial charge in [0.2, 0.25) is 5.91 Å². The fourth-order valence-corrected chi connectivity index (χ4v) is 4.72. The fourth-order valence-electron chi connectivity index (χ4n) is 3.50. The Balaban J connectivity index is 1.42. The van der Waals surface area contributed by atoms with Gasteiger partial charge in [-0.3, -0.25) is 4.79 Å². The monoisotopic (exact) mass is 331 g/mol. The highest BCUT2D eigenvalue weighted by Gasteiger charge is 2.28. The first-order valence-electron chi connectivity index (χ1n) is 8.30. The summed E-state index contributed by atoms with van der Waals surface area (Å²) in [5.74, 6) is 1.19. The third-order valence-electron chi connectivity index (χ3n) is 4.79. The van der Waals surface area contributed by atoms with E-state index in [0.29, 0.717) is 13.1 Å². The number of thiazole rings is 1. The van der Waals surface area contributed by atoms with Crippen LogP contribution in [0.25, 0.3) is 0 Å². The van der Waals surface area contributed by atoms with Crippen molar-refractivity contribution in [2.24, 2.45) is 5.92 Å². The van der Waals surface area contributed by atoms with E-state index in [0.717, 1.165) is 36.5 Å². The number of aromatic nitrogens is 4. The molecule has 1 atom stereocenters. The first-order chi connectivity index (χ1) is 11.2. The second-order valence-corrected chi connectivity index (χ2v) is 7.64. The molecule has 3 heterocycles. The van der Waals surface area contributed by atoms with Crippen molar-refractivity contribution < 1.29 is 4.79 Å². The Kier molecular flexibility index (Phi) is 3.88. The van der Waals surface area contributed by atoms with Gasteiger partial charge in [-0.1, -0.05) is 0 Å². The summed E-state index contributed by atoms with van der Waals surface area (Å²) in [6, 6.07) is 0. The smallest absolute Gasteiger partial charge is 0.227 e. The van der Waals surface area contributed by atoms with Crippen molar-refractivity contribution in [1.29, 1.82) is 0 Å². The Hall–Kier alpha value is -1.76. The first kappa shape index (κ1) is 14.8. The molecule has 0 N–H and O–H groups in total. The lowest BCUT2D eigenvalue weighted by molar-refractivity contribution is -0.135. The molecular formula is C16H21N5OS. The molecule has 0 fully saturated rings. The second kappa shape index (κ2) is 6.03. The normalized spacial score (nSPS) is 20.0. The third kappa shape index (κ3) is 2.89. The van der Waals surface area contributed by atoms with Crippen molar-refractivity contribution in [3.05, 3.63) is 27.7 Å². The van der Waals surface area contributed by atoms with E-state index in [-0.39, 0.29) is 11.8 Å². The molecule has 6 nitrogen and oxygen atoms in total. The van der Waals surface area contributed by atoms with Gasteiger partial charge >= 0.3 is 0 Å². The molecule has 0 radical (unpaired) electrons. The number of carbonyl (C=O) groups excluding carboxylic acids is 1. The molecule has 0 saturated heterocycles. The summed E-state index contributed by atoms with van der Waals surface area (Å²) in [6.07, 6.45) is 8.03. The van der Waals surface area contributed by atoms with Gasteiger partial charge in [-0.05, 0) is 32.1 Å². The quantitative estimate of drug-likeness (QED) is 0.861. The Morgan fingerprint density at radius 2 is 2.26 bits per heavy atom. The van der Waals surface area contributed by atoms with Gasteiger partial charge in [-0.25, -0.2) is 14.6 Å². The van der Waals surface area contributed by atoms with Crippen molar-refractivity contribution in [2.75, 3.05) is 7.05 Å². The lowest BCUT2D eigenvalue weighted by atomic mass is 9.98. The van der Waals surface area contributed by atoms with E-state index in [9.17, 15) is 4.79 Å². The van der Waals surface area contributed by atoms with E-state index in [1.807, 2.05) is 16.6 Å². The van der Waals surface area contributed by atoms with E-state index in [2.05, 4.69) is 10.1 Å². The van der Waals surface area contributed by atoms with Crippen LogP contribution in [0.4, 0.5) is 0 Å². The Morgan fingerprint density at radius 1 is 1.39 bits per heavy atom. The molecule has 2 aromatic heterocycles. The fraction of sp³-hybridized carbons (Fsp3) is 0.625. The number of carbonyl (C=O) groups is 1. The molecule has 0 saturated carbocycles. The highest BCUT2D eigenvalue weighted by atomic mass is 32.1. The maximum Gasteiger partial charge on any atom is 0.227 e.